The van der Waals surface area contributed by atoms with Gasteiger partial charge >= 0.3 is 0 Å². The number of piperidine rings is 1. The normalized spacial score (nSPS) is 25.0. The summed E-state index contributed by atoms with van der Waals surface area (Å²) in [6, 6.07) is 2.00. The van der Waals surface area contributed by atoms with Crippen LogP contribution in [0.5, 0.6) is 0 Å². The van der Waals surface area contributed by atoms with Gasteiger partial charge in [0.2, 0.25) is 0 Å². The van der Waals surface area contributed by atoms with Gasteiger partial charge < -0.3 is 20.5 Å². The van der Waals surface area contributed by atoms with Crippen LogP contribution in [0.25, 0.3) is 22.6 Å². The summed E-state index contributed by atoms with van der Waals surface area (Å²) < 4.78 is 6.89. The Bertz CT molecular complexity index is 981. The molecule has 28 heavy (non-hydrogen) atoms. The Morgan fingerprint density at radius 1 is 1.21 bits per heavy atom. The van der Waals surface area contributed by atoms with E-state index in [4.69, 9.17) is 15.3 Å². The number of rotatable bonds is 5. The van der Waals surface area contributed by atoms with Crippen LogP contribution in [0.4, 0.5) is 5.82 Å². The Morgan fingerprint density at radius 3 is 2.68 bits per heavy atom. The number of nitrogens with zero attached hydrogens (tertiary/aromatic N) is 6. The molecule has 0 aromatic carbocycles. The van der Waals surface area contributed by atoms with Gasteiger partial charge in [-0.2, -0.15) is 0 Å². The molecule has 0 saturated carbocycles. The smallest absolute Gasteiger partial charge is 0.199 e. The molecule has 2 atom stereocenters. The Hall–Kier alpha value is -2.52. The van der Waals surface area contributed by atoms with Gasteiger partial charge in [0, 0.05) is 43.0 Å². The summed E-state index contributed by atoms with van der Waals surface area (Å²) in [5, 5.41) is 11.4. The molecule has 2 aliphatic rings. The molecule has 2 aliphatic heterocycles. The minimum atomic E-state index is 0.249. The second kappa shape index (κ2) is 6.82. The number of imidazole rings is 1. The molecular weight excluding hydrogens is 356 g/mol. The molecule has 0 spiro atoms. The summed E-state index contributed by atoms with van der Waals surface area (Å²) >= 11 is 0. The SMILES string of the molecule is CCn1c(-c2nonc2N)nc2cncc(CNC3CC4CCC(C3)N4C)c21. The largest absolute Gasteiger partial charge is 0.379 e. The quantitative estimate of drug-likeness (QED) is 0.687. The zero-order valence-corrected chi connectivity index (χ0v) is 16.3. The number of anilines is 1. The van der Waals surface area contributed by atoms with E-state index in [1.54, 1.807) is 6.20 Å². The maximum Gasteiger partial charge on any atom is 0.199 e. The van der Waals surface area contributed by atoms with Crippen LogP contribution in [0.15, 0.2) is 17.0 Å². The molecule has 2 fully saturated rings. The standard InChI is InChI=1S/C19H26N8O/c1-3-27-17-11(9-22-12-6-13-4-5-14(7-12)26(13)2)8-21-10-15(17)23-19(27)16-18(20)25-28-24-16/h8,10,12-14,22H,3-7,9H2,1-2H3,(H2,20,25). The van der Waals surface area contributed by atoms with Gasteiger partial charge in [-0.05, 0) is 50.0 Å². The summed E-state index contributed by atoms with van der Waals surface area (Å²) in [4.78, 5) is 11.7. The molecule has 148 valence electrons. The molecule has 2 unspecified atom stereocenters. The molecule has 9 heteroatoms. The monoisotopic (exact) mass is 382 g/mol. The van der Waals surface area contributed by atoms with Crippen LogP contribution in [0, 0.1) is 0 Å². The number of hydrogen-bond donors (Lipinski definition) is 2. The Kier molecular flexibility index (Phi) is 4.28. The Morgan fingerprint density at radius 2 is 2.00 bits per heavy atom. The van der Waals surface area contributed by atoms with Gasteiger partial charge in [0.15, 0.2) is 17.3 Å². The molecule has 3 aromatic heterocycles. The van der Waals surface area contributed by atoms with Crippen molar-refractivity contribution < 1.29 is 4.63 Å². The summed E-state index contributed by atoms with van der Waals surface area (Å²) in [7, 11) is 2.27. The third-order valence-corrected chi connectivity index (χ3v) is 6.45. The van der Waals surface area contributed by atoms with Crippen molar-refractivity contribution in [2.75, 3.05) is 12.8 Å². The van der Waals surface area contributed by atoms with E-state index in [1.165, 1.54) is 25.7 Å². The van der Waals surface area contributed by atoms with Crippen molar-refractivity contribution in [2.24, 2.45) is 0 Å². The Labute approximate surface area is 163 Å². The highest BCUT2D eigenvalue weighted by Crippen LogP contribution is 2.34. The lowest BCUT2D eigenvalue weighted by atomic mass is 9.98. The second-order valence-electron chi connectivity index (χ2n) is 7.94. The van der Waals surface area contributed by atoms with E-state index in [0.717, 1.165) is 41.8 Å². The summed E-state index contributed by atoms with van der Waals surface area (Å²) in [5.41, 5.74) is 9.42. The molecule has 5 rings (SSSR count). The number of fused-ring (bicyclic) bond motifs is 3. The highest BCUT2D eigenvalue weighted by Gasteiger charge is 2.38. The average Bonchev–Trinajstić information content (AvgIpc) is 3.33. The minimum Gasteiger partial charge on any atom is -0.379 e. The summed E-state index contributed by atoms with van der Waals surface area (Å²) in [6.07, 6.45) is 8.81. The Balaban J connectivity index is 1.44. The molecule has 2 saturated heterocycles. The first-order chi connectivity index (χ1) is 13.7. The highest BCUT2D eigenvalue weighted by molar-refractivity contribution is 5.83. The van der Waals surface area contributed by atoms with Gasteiger partial charge in [-0.1, -0.05) is 0 Å². The van der Waals surface area contributed by atoms with Gasteiger partial charge in [-0.15, -0.1) is 0 Å². The molecule has 9 nitrogen and oxygen atoms in total. The van der Waals surface area contributed by atoms with E-state index in [2.05, 4.69) is 44.1 Å². The van der Waals surface area contributed by atoms with Crippen molar-refractivity contribution in [3.63, 3.8) is 0 Å². The predicted molar refractivity (Wildman–Crippen MR) is 105 cm³/mol. The molecular formula is C19H26N8O. The highest BCUT2D eigenvalue weighted by atomic mass is 16.6. The number of pyridine rings is 1. The van der Waals surface area contributed by atoms with Crippen molar-refractivity contribution in [1.82, 2.24) is 35.1 Å². The fourth-order valence-electron chi connectivity index (χ4n) is 4.96. The fraction of sp³-hybridized carbons (Fsp3) is 0.579. The van der Waals surface area contributed by atoms with Crippen LogP contribution >= 0.6 is 0 Å². The number of hydrogen-bond acceptors (Lipinski definition) is 8. The van der Waals surface area contributed by atoms with Crippen LogP contribution in [0.3, 0.4) is 0 Å². The number of aromatic nitrogens is 5. The molecule has 0 aliphatic carbocycles. The number of aryl methyl sites for hydroxylation is 1. The van der Waals surface area contributed by atoms with Gasteiger partial charge in [-0.25, -0.2) is 9.61 Å². The van der Waals surface area contributed by atoms with Crippen molar-refractivity contribution in [3.8, 4) is 11.5 Å². The molecule has 0 radical (unpaired) electrons. The minimum absolute atomic E-state index is 0.249. The molecule has 5 heterocycles. The van der Waals surface area contributed by atoms with Gasteiger partial charge in [0.05, 0.1) is 11.7 Å². The van der Waals surface area contributed by atoms with Crippen LogP contribution in [-0.2, 0) is 13.1 Å². The van der Waals surface area contributed by atoms with Crippen LogP contribution in [0.2, 0.25) is 0 Å². The first kappa shape index (κ1) is 17.6. The van der Waals surface area contributed by atoms with Gasteiger partial charge in [-0.3, -0.25) is 4.98 Å². The lowest BCUT2D eigenvalue weighted by Crippen LogP contribution is -2.47. The first-order valence-corrected chi connectivity index (χ1v) is 10.0. The van der Waals surface area contributed by atoms with Crippen LogP contribution in [-0.4, -0.2) is 54.9 Å². The van der Waals surface area contributed by atoms with E-state index < -0.39 is 0 Å². The van der Waals surface area contributed by atoms with E-state index in [0.29, 0.717) is 17.6 Å². The average molecular weight is 382 g/mol. The lowest BCUT2D eigenvalue weighted by Gasteiger charge is -2.36. The van der Waals surface area contributed by atoms with Crippen molar-refractivity contribution in [3.05, 3.63) is 18.0 Å². The van der Waals surface area contributed by atoms with E-state index in [9.17, 15) is 0 Å². The third-order valence-electron chi connectivity index (χ3n) is 6.45. The van der Waals surface area contributed by atoms with E-state index in [-0.39, 0.29) is 5.82 Å². The van der Waals surface area contributed by atoms with Gasteiger partial charge in [0.1, 0.15) is 5.52 Å². The summed E-state index contributed by atoms with van der Waals surface area (Å²) in [5.74, 6) is 0.919. The zero-order chi connectivity index (χ0) is 19.3. The van der Waals surface area contributed by atoms with Gasteiger partial charge in [0.25, 0.3) is 0 Å². The van der Waals surface area contributed by atoms with Crippen LogP contribution < -0.4 is 11.1 Å². The first-order valence-electron chi connectivity index (χ1n) is 10.0. The van der Waals surface area contributed by atoms with Crippen molar-refractivity contribution in [1.29, 1.82) is 0 Å². The van der Waals surface area contributed by atoms with Crippen molar-refractivity contribution in [2.45, 2.75) is 63.8 Å². The third kappa shape index (κ3) is 2.77. The van der Waals surface area contributed by atoms with Crippen LogP contribution in [0.1, 0.15) is 38.2 Å². The van der Waals surface area contributed by atoms with E-state index in [1.807, 2.05) is 6.20 Å². The predicted octanol–water partition coefficient (Wildman–Crippen LogP) is 1.80. The molecule has 2 bridgehead atoms. The number of nitrogen functional groups attached to an aromatic ring is 1. The van der Waals surface area contributed by atoms with E-state index >= 15 is 0 Å². The fourth-order valence-corrected chi connectivity index (χ4v) is 4.96. The topological polar surface area (TPSA) is 111 Å². The molecule has 0 amide bonds. The van der Waals surface area contributed by atoms with Crippen molar-refractivity contribution >= 4 is 16.9 Å². The number of nitrogens with one attached hydrogen (secondary N) is 1. The number of nitrogens with two attached hydrogens (primary N) is 1. The lowest BCUT2D eigenvalue weighted by molar-refractivity contribution is 0.148. The molecule has 3 aromatic rings. The second-order valence-corrected chi connectivity index (χ2v) is 7.94. The summed E-state index contributed by atoms with van der Waals surface area (Å²) in [6.45, 7) is 3.60. The zero-order valence-electron chi connectivity index (χ0n) is 16.3. The maximum atomic E-state index is 5.90. The maximum absolute atomic E-state index is 5.90. The molecule has 3 N–H and O–H groups in total.